The van der Waals surface area contributed by atoms with Gasteiger partial charge in [-0.05, 0) is 24.2 Å². The smallest absolute Gasteiger partial charge is 0.159 e. The van der Waals surface area contributed by atoms with E-state index in [1.165, 1.54) is 0 Å². The minimum atomic E-state index is -0.932. The summed E-state index contributed by atoms with van der Waals surface area (Å²) in [5, 5.41) is 0. The molecular weight excluding hydrogens is 173 g/mol. The Morgan fingerprint density at radius 3 is 2.58 bits per heavy atom. The zero-order valence-corrected chi connectivity index (χ0v) is 8.27. The molecule has 0 N–H and O–H groups in total. The fourth-order valence-electron chi connectivity index (χ4n) is 1.02. The molecule has 1 aromatic rings. The van der Waals surface area contributed by atoms with Crippen LogP contribution in [0.3, 0.4) is 0 Å². The molecule has 1 unspecified atom stereocenters. The van der Waals surface area contributed by atoms with Crippen LogP contribution in [0.1, 0.15) is 5.56 Å². The molecule has 12 heavy (non-hydrogen) atoms. The third-order valence-electron chi connectivity index (χ3n) is 1.71. The molecule has 3 heteroatoms. The fraction of sp³-hybridized carbons (Fsp3) is 0.333. The highest BCUT2D eigenvalue weighted by Crippen LogP contribution is 2.20. The second-order valence-electron chi connectivity index (χ2n) is 2.59. The van der Waals surface area contributed by atoms with Gasteiger partial charge < -0.3 is 9.29 Å². The van der Waals surface area contributed by atoms with Crippen LogP contribution in [-0.4, -0.2) is 17.9 Å². The van der Waals surface area contributed by atoms with Gasteiger partial charge in [-0.25, -0.2) is 0 Å². The second-order valence-corrected chi connectivity index (χ2v) is 3.93. The average molecular weight is 185 g/mol. The average Bonchev–Trinajstić information content (AvgIpc) is 2.05. The van der Waals surface area contributed by atoms with E-state index in [1.807, 2.05) is 25.1 Å². The number of hydrogen-bond donors (Lipinski definition) is 0. The van der Waals surface area contributed by atoms with Crippen LogP contribution in [0.4, 0.5) is 0 Å². The molecule has 0 aromatic heterocycles. The van der Waals surface area contributed by atoms with E-state index in [2.05, 4.69) is 0 Å². The lowest BCUT2D eigenvalue weighted by Gasteiger charge is -2.08. The monoisotopic (exact) mass is 185 g/mol. The van der Waals surface area contributed by atoms with Crippen molar-refractivity contribution in [2.24, 2.45) is 0 Å². The number of rotatable bonds is 2. The summed E-state index contributed by atoms with van der Waals surface area (Å²) in [6.45, 7) is 1.94. The van der Waals surface area contributed by atoms with Gasteiger partial charge in [0.15, 0.2) is 4.90 Å². The number of ether oxygens (including phenoxy) is 1. The molecule has 2 nitrogen and oxygen atoms in total. The number of hydrogen-bond acceptors (Lipinski definition) is 2. The van der Waals surface area contributed by atoms with Crippen molar-refractivity contribution >= 4 is 11.2 Å². The fourth-order valence-corrected chi connectivity index (χ4v) is 1.82. The van der Waals surface area contributed by atoms with E-state index in [1.54, 1.807) is 13.4 Å². The summed E-state index contributed by atoms with van der Waals surface area (Å²) in [6.07, 6.45) is 1.67. The third kappa shape index (κ3) is 1.93. The normalized spacial score (nSPS) is 12.7. The number of aryl methyl sites for hydroxylation is 1. The van der Waals surface area contributed by atoms with E-state index in [9.17, 15) is 4.55 Å². The third-order valence-corrected chi connectivity index (χ3v) is 2.76. The minimum absolute atomic E-state index is 0.755. The van der Waals surface area contributed by atoms with Gasteiger partial charge in [-0.1, -0.05) is 6.07 Å². The van der Waals surface area contributed by atoms with Crippen LogP contribution < -0.4 is 4.74 Å². The van der Waals surface area contributed by atoms with Gasteiger partial charge in [0.05, 0.1) is 7.11 Å². The summed E-state index contributed by atoms with van der Waals surface area (Å²) in [4.78, 5) is 0.842. The summed E-state index contributed by atoms with van der Waals surface area (Å²) < 4.78 is 16.2. The van der Waals surface area contributed by atoms with Crippen molar-refractivity contribution in [2.75, 3.05) is 13.4 Å². The van der Waals surface area contributed by atoms with Crippen LogP contribution >= 0.6 is 0 Å². The van der Waals surface area contributed by atoms with Crippen molar-refractivity contribution in [3.63, 3.8) is 0 Å². The molecule has 66 valence electrons. The van der Waals surface area contributed by atoms with E-state index in [-0.39, 0.29) is 0 Å². The minimum Gasteiger partial charge on any atom is -0.612 e. The van der Waals surface area contributed by atoms with Gasteiger partial charge in [-0.2, -0.15) is 0 Å². The maximum atomic E-state index is 11.2. The molecule has 1 atom stereocenters. The lowest BCUT2D eigenvalue weighted by atomic mass is 10.2. The second kappa shape index (κ2) is 3.83. The first-order valence-corrected chi connectivity index (χ1v) is 5.19. The summed E-state index contributed by atoms with van der Waals surface area (Å²) >= 11 is -0.932. The van der Waals surface area contributed by atoms with Crippen molar-refractivity contribution in [3.8, 4) is 5.75 Å². The Labute approximate surface area is 75.7 Å². The lowest BCUT2D eigenvalue weighted by Crippen LogP contribution is -2.00. The highest BCUT2D eigenvalue weighted by Gasteiger charge is 2.09. The molecule has 1 aromatic carbocycles. The maximum Gasteiger partial charge on any atom is 0.159 e. The SMILES string of the molecule is COc1ccc(C)c([S+]([13CH3])[O-])c1. The zero-order chi connectivity index (χ0) is 9.14. The Balaban J connectivity index is 3.08. The molecule has 1 rings (SSSR count). The zero-order valence-electron chi connectivity index (χ0n) is 7.46. The Morgan fingerprint density at radius 2 is 2.08 bits per heavy atom. The Morgan fingerprint density at radius 1 is 1.42 bits per heavy atom. The highest BCUT2D eigenvalue weighted by molar-refractivity contribution is 7.90. The van der Waals surface area contributed by atoms with Gasteiger partial charge in [-0.3, -0.25) is 0 Å². The standard InChI is InChI=1S/C9H12O2S/c1-7-4-5-8(11-2)6-9(7)12(3)10/h4-6H,1-3H3/i3+1. The molecule has 0 bridgehead atoms. The van der Waals surface area contributed by atoms with Crippen LogP contribution in [0, 0.1) is 6.92 Å². The van der Waals surface area contributed by atoms with Gasteiger partial charge in [0.25, 0.3) is 0 Å². The van der Waals surface area contributed by atoms with Gasteiger partial charge in [0.2, 0.25) is 0 Å². The number of methoxy groups -OCH3 is 1. The summed E-state index contributed by atoms with van der Waals surface area (Å²) in [5.74, 6) is 0.755. The highest BCUT2D eigenvalue weighted by atomic mass is 32.2. The number of benzene rings is 1. The van der Waals surface area contributed by atoms with E-state index >= 15 is 0 Å². The van der Waals surface area contributed by atoms with Gasteiger partial charge in [0, 0.05) is 11.6 Å². The van der Waals surface area contributed by atoms with E-state index in [0.29, 0.717) is 0 Å². The Kier molecular flexibility index (Phi) is 3.00. The van der Waals surface area contributed by atoms with Crippen molar-refractivity contribution in [2.45, 2.75) is 11.8 Å². The van der Waals surface area contributed by atoms with E-state index < -0.39 is 11.2 Å². The largest absolute Gasteiger partial charge is 0.612 e. The van der Waals surface area contributed by atoms with E-state index in [0.717, 1.165) is 16.2 Å². The van der Waals surface area contributed by atoms with Crippen LogP contribution in [-0.2, 0) is 11.2 Å². The molecule has 0 heterocycles. The molecule has 0 aliphatic heterocycles. The van der Waals surface area contributed by atoms with Crippen LogP contribution in [0.5, 0.6) is 5.75 Å². The quantitative estimate of drug-likeness (QED) is 0.519. The van der Waals surface area contributed by atoms with Gasteiger partial charge in [0.1, 0.15) is 12.0 Å². The van der Waals surface area contributed by atoms with Crippen LogP contribution in [0.25, 0.3) is 0 Å². The predicted octanol–water partition coefficient (Wildman–Crippen LogP) is 1.74. The van der Waals surface area contributed by atoms with Crippen molar-refractivity contribution in [1.29, 1.82) is 0 Å². The first kappa shape index (κ1) is 9.42. The van der Waals surface area contributed by atoms with Gasteiger partial charge >= 0.3 is 0 Å². The van der Waals surface area contributed by atoms with Crippen molar-refractivity contribution in [1.82, 2.24) is 0 Å². The molecule has 0 saturated heterocycles. The molecule has 0 amide bonds. The van der Waals surface area contributed by atoms with E-state index in [4.69, 9.17) is 4.74 Å². The lowest BCUT2D eigenvalue weighted by molar-refractivity contribution is 0.413. The van der Waals surface area contributed by atoms with Crippen LogP contribution in [0.2, 0.25) is 0 Å². The first-order valence-electron chi connectivity index (χ1n) is 3.63. The summed E-state index contributed by atoms with van der Waals surface area (Å²) in [5.41, 5.74) is 1.04. The molecule has 0 saturated carbocycles. The summed E-state index contributed by atoms with van der Waals surface area (Å²) in [6, 6.07) is 5.59. The molecular formula is C9H12O2S. The summed E-state index contributed by atoms with van der Waals surface area (Å²) in [7, 11) is 1.60. The molecule has 0 spiro atoms. The van der Waals surface area contributed by atoms with Crippen molar-refractivity contribution in [3.05, 3.63) is 23.8 Å². The molecule has 0 aliphatic carbocycles. The predicted molar refractivity (Wildman–Crippen MR) is 50.1 cm³/mol. The Bertz CT molecular complexity index is 271. The molecule has 0 fully saturated rings. The first-order chi connectivity index (χ1) is 5.65. The molecule has 0 radical (unpaired) electrons. The Hall–Kier alpha value is -0.670. The maximum absolute atomic E-state index is 11.2. The van der Waals surface area contributed by atoms with Gasteiger partial charge in [-0.15, -0.1) is 0 Å². The van der Waals surface area contributed by atoms with Crippen LogP contribution in [0.15, 0.2) is 23.1 Å². The van der Waals surface area contributed by atoms with Crippen molar-refractivity contribution < 1.29 is 9.29 Å². The topological polar surface area (TPSA) is 32.3 Å². The molecule has 0 aliphatic rings.